The third-order valence-corrected chi connectivity index (χ3v) is 3.60. The van der Waals surface area contributed by atoms with E-state index in [0.717, 1.165) is 37.6 Å². The summed E-state index contributed by atoms with van der Waals surface area (Å²) in [5.41, 5.74) is 3.66. The van der Waals surface area contributed by atoms with Gasteiger partial charge in [-0.1, -0.05) is 13.8 Å². The number of anilines is 2. The molecule has 0 spiro atoms. The number of nitrogens with zero attached hydrogens (tertiary/aromatic N) is 4. The quantitative estimate of drug-likeness (QED) is 0.620. The van der Waals surface area contributed by atoms with Gasteiger partial charge in [0.1, 0.15) is 18.0 Å². The van der Waals surface area contributed by atoms with Gasteiger partial charge < -0.3 is 15.2 Å². The minimum atomic E-state index is 0.126. The number of carbonyl (C=O) groups is 1. The second-order valence-electron chi connectivity index (χ2n) is 5.25. The molecule has 0 unspecified atom stereocenters. The molecule has 1 saturated heterocycles. The molecule has 1 fully saturated rings. The average Bonchev–Trinajstić information content (AvgIpc) is 2.46. The summed E-state index contributed by atoms with van der Waals surface area (Å²) in [6.07, 6.45) is 1.52. The van der Waals surface area contributed by atoms with Crippen LogP contribution >= 0.6 is 0 Å². The smallest absolute Gasteiger partial charge is 0.219 e. The van der Waals surface area contributed by atoms with Gasteiger partial charge in [-0.2, -0.15) is 0 Å². The lowest BCUT2D eigenvalue weighted by atomic mass is 10.0. The Balaban J connectivity index is 2.23. The zero-order chi connectivity index (χ0) is 14.7. The molecule has 110 valence electrons. The lowest BCUT2D eigenvalue weighted by molar-refractivity contribution is -0.129. The highest BCUT2D eigenvalue weighted by molar-refractivity contribution is 5.73. The van der Waals surface area contributed by atoms with E-state index in [1.165, 1.54) is 6.33 Å². The largest absolute Gasteiger partial charge is 0.353 e. The SMILES string of the molecule is CC(=O)N1CCN(c2ncnc(NN)c2C(C)C)CC1. The predicted octanol–water partition coefficient (Wildman–Crippen LogP) is 0.554. The maximum Gasteiger partial charge on any atom is 0.219 e. The minimum Gasteiger partial charge on any atom is -0.353 e. The highest BCUT2D eigenvalue weighted by Crippen LogP contribution is 2.30. The van der Waals surface area contributed by atoms with E-state index in [2.05, 4.69) is 34.1 Å². The summed E-state index contributed by atoms with van der Waals surface area (Å²) in [4.78, 5) is 24.0. The van der Waals surface area contributed by atoms with Crippen molar-refractivity contribution in [2.45, 2.75) is 26.7 Å². The van der Waals surface area contributed by atoms with Crippen LogP contribution in [0.15, 0.2) is 6.33 Å². The first-order valence-electron chi connectivity index (χ1n) is 6.86. The van der Waals surface area contributed by atoms with Crippen LogP contribution in [0, 0.1) is 0 Å². The summed E-state index contributed by atoms with van der Waals surface area (Å²) in [5, 5.41) is 0. The Hall–Kier alpha value is -1.89. The molecule has 7 heteroatoms. The number of aromatic nitrogens is 2. The third kappa shape index (κ3) is 2.82. The van der Waals surface area contributed by atoms with Crippen LogP contribution in [0.2, 0.25) is 0 Å². The van der Waals surface area contributed by atoms with Gasteiger partial charge in [0.05, 0.1) is 0 Å². The second kappa shape index (κ2) is 6.04. The molecular formula is C13H22N6O. The van der Waals surface area contributed by atoms with Crippen molar-refractivity contribution in [3.63, 3.8) is 0 Å². The Morgan fingerprint density at radius 1 is 1.30 bits per heavy atom. The second-order valence-corrected chi connectivity index (χ2v) is 5.25. The first-order chi connectivity index (χ1) is 9.54. The van der Waals surface area contributed by atoms with Crippen LogP contribution in [0.3, 0.4) is 0 Å². The molecule has 2 heterocycles. The summed E-state index contributed by atoms with van der Waals surface area (Å²) in [5.74, 6) is 7.50. The first-order valence-corrected chi connectivity index (χ1v) is 6.86. The number of rotatable bonds is 3. The van der Waals surface area contributed by atoms with Gasteiger partial charge in [-0.3, -0.25) is 4.79 Å². The van der Waals surface area contributed by atoms with E-state index in [4.69, 9.17) is 5.84 Å². The van der Waals surface area contributed by atoms with Crippen LogP contribution in [-0.4, -0.2) is 47.0 Å². The van der Waals surface area contributed by atoms with Gasteiger partial charge in [-0.05, 0) is 5.92 Å². The summed E-state index contributed by atoms with van der Waals surface area (Å²) in [7, 11) is 0. The molecule has 1 aromatic heterocycles. The van der Waals surface area contributed by atoms with Crippen molar-refractivity contribution in [3.8, 4) is 0 Å². The van der Waals surface area contributed by atoms with Gasteiger partial charge in [0.15, 0.2) is 0 Å². The number of nitrogens with two attached hydrogens (primary N) is 1. The predicted molar refractivity (Wildman–Crippen MR) is 78.4 cm³/mol. The number of piperazine rings is 1. The molecule has 7 nitrogen and oxygen atoms in total. The number of hydrogen-bond donors (Lipinski definition) is 2. The van der Waals surface area contributed by atoms with Gasteiger partial charge in [-0.25, -0.2) is 15.8 Å². The Bertz CT molecular complexity index is 482. The van der Waals surface area contributed by atoms with E-state index in [1.54, 1.807) is 6.92 Å². The molecule has 2 rings (SSSR count). The van der Waals surface area contributed by atoms with Gasteiger partial charge in [0, 0.05) is 38.7 Å². The van der Waals surface area contributed by atoms with Crippen LogP contribution < -0.4 is 16.2 Å². The lowest BCUT2D eigenvalue weighted by Gasteiger charge is -2.36. The van der Waals surface area contributed by atoms with E-state index in [0.29, 0.717) is 5.82 Å². The normalized spacial score (nSPS) is 15.7. The molecule has 1 amide bonds. The van der Waals surface area contributed by atoms with Crippen LogP contribution in [0.25, 0.3) is 0 Å². The topological polar surface area (TPSA) is 87.4 Å². The van der Waals surface area contributed by atoms with Crippen LogP contribution in [0.1, 0.15) is 32.3 Å². The Morgan fingerprint density at radius 3 is 2.45 bits per heavy atom. The minimum absolute atomic E-state index is 0.126. The van der Waals surface area contributed by atoms with Crippen molar-refractivity contribution >= 4 is 17.5 Å². The van der Waals surface area contributed by atoms with Crippen molar-refractivity contribution in [1.29, 1.82) is 0 Å². The van der Waals surface area contributed by atoms with Gasteiger partial charge in [0.2, 0.25) is 5.91 Å². The summed E-state index contributed by atoms with van der Waals surface area (Å²) in [6, 6.07) is 0. The Kier molecular flexibility index (Phi) is 4.39. The third-order valence-electron chi connectivity index (χ3n) is 3.60. The molecule has 1 aliphatic heterocycles. The van der Waals surface area contributed by atoms with Gasteiger partial charge in [-0.15, -0.1) is 0 Å². The number of carbonyl (C=O) groups excluding carboxylic acids is 1. The number of hydrogen-bond acceptors (Lipinski definition) is 6. The van der Waals surface area contributed by atoms with Crippen molar-refractivity contribution in [3.05, 3.63) is 11.9 Å². The molecule has 0 bridgehead atoms. The fourth-order valence-electron chi connectivity index (χ4n) is 2.52. The molecule has 0 atom stereocenters. The van der Waals surface area contributed by atoms with Crippen molar-refractivity contribution in [2.75, 3.05) is 36.5 Å². The van der Waals surface area contributed by atoms with E-state index in [1.807, 2.05) is 4.90 Å². The molecule has 1 aliphatic rings. The standard InChI is InChI=1S/C13H22N6O/c1-9(2)11-12(17-14)15-8-16-13(11)19-6-4-18(5-7-19)10(3)20/h8-9H,4-7,14H2,1-3H3,(H,15,16,17). The van der Waals surface area contributed by atoms with Gasteiger partial charge >= 0.3 is 0 Å². The first kappa shape index (κ1) is 14.5. The highest BCUT2D eigenvalue weighted by Gasteiger charge is 2.24. The summed E-state index contributed by atoms with van der Waals surface area (Å²) in [6.45, 7) is 8.80. The molecule has 0 radical (unpaired) electrons. The number of nitrogens with one attached hydrogen (secondary N) is 1. The van der Waals surface area contributed by atoms with Crippen LogP contribution in [-0.2, 0) is 4.79 Å². The zero-order valence-electron chi connectivity index (χ0n) is 12.3. The monoisotopic (exact) mass is 278 g/mol. The highest BCUT2D eigenvalue weighted by atomic mass is 16.2. The fourth-order valence-corrected chi connectivity index (χ4v) is 2.52. The van der Waals surface area contributed by atoms with Crippen LogP contribution in [0.5, 0.6) is 0 Å². The number of hydrazine groups is 1. The van der Waals surface area contributed by atoms with Crippen molar-refractivity contribution < 1.29 is 4.79 Å². The molecular weight excluding hydrogens is 256 g/mol. The molecule has 3 N–H and O–H groups in total. The maximum atomic E-state index is 11.4. The van der Waals surface area contributed by atoms with E-state index in [9.17, 15) is 4.79 Å². The van der Waals surface area contributed by atoms with E-state index >= 15 is 0 Å². The van der Waals surface area contributed by atoms with E-state index in [-0.39, 0.29) is 11.8 Å². The van der Waals surface area contributed by atoms with Crippen LogP contribution in [0.4, 0.5) is 11.6 Å². The Labute approximate surface area is 119 Å². The van der Waals surface area contributed by atoms with E-state index < -0.39 is 0 Å². The molecule has 0 saturated carbocycles. The maximum absolute atomic E-state index is 11.4. The molecule has 0 aromatic carbocycles. The van der Waals surface area contributed by atoms with Gasteiger partial charge in [0.25, 0.3) is 0 Å². The van der Waals surface area contributed by atoms with Crippen molar-refractivity contribution in [1.82, 2.24) is 14.9 Å². The summed E-state index contributed by atoms with van der Waals surface area (Å²) < 4.78 is 0. The number of nitrogen functional groups attached to an aromatic ring is 1. The zero-order valence-corrected chi connectivity index (χ0v) is 12.3. The molecule has 0 aliphatic carbocycles. The molecule has 20 heavy (non-hydrogen) atoms. The number of amides is 1. The molecule has 1 aromatic rings. The Morgan fingerprint density at radius 2 is 1.95 bits per heavy atom. The summed E-state index contributed by atoms with van der Waals surface area (Å²) >= 11 is 0. The lowest BCUT2D eigenvalue weighted by Crippen LogP contribution is -2.48. The van der Waals surface area contributed by atoms with Crippen molar-refractivity contribution in [2.24, 2.45) is 5.84 Å². The average molecular weight is 278 g/mol. The fraction of sp³-hybridized carbons (Fsp3) is 0.615.